The third kappa shape index (κ3) is 3.34. The number of nitrogens with one attached hydrogen (secondary N) is 1. The van der Waals surface area contributed by atoms with Gasteiger partial charge in [-0.15, -0.1) is 0 Å². The van der Waals surface area contributed by atoms with Gasteiger partial charge in [0.1, 0.15) is 0 Å². The molecule has 0 aromatic rings. The number of ether oxygens (including phenoxy) is 1. The van der Waals surface area contributed by atoms with Gasteiger partial charge in [-0.1, -0.05) is 20.8 Å². The predicted molar refractivity (Wildman–Crippen MR) is 78.3 cm³/mol. The monoisotopic (exact) mass is 283 g/mol. The van der Waals surface area contributed by atoms with Crippen molar-refractivity contribution in [1.29, 1.82) is 0 Å². The molecule has 4 nitrogen and oxygen atoms in total. The number of hydrogen-bond acceptors (Lipinski definition) is 3. The van der Waals surface area contributed by atoms with Crippen molar-refractivity contribution in [2.24, 2.45) is 17.3 Å². The van der Waals surface area contributed by atoms with Crippen LogP contribution in [0.15, 0.2) is 0 Å². The minimum Gasteiger partial charge on any atom is -0.394 e. The van der Waals surface area contributed by atoms with Gasteiger partial charge in [-0.25, -0.2) is 0 Å². The van der Waals surface area contributed by atoms with Crippen molar-refractivity contribution in [2.75, 3.05) is 13.2 Å². The molecule has 1 aliphatic carbocycles. The van der Waals surface area contributed by atoms with Gasteiger partial charge in [-0.3, -0.25) is 4.79 Å². The highest BCUT2D eigenvalue weighted by Crippen LogP contribution is 2.44. The molecule has 0 aromatic heterocycles. The van der Waals surface area contributed by atoms with Crippen LogP contribution in [0.25, 0.3) is 0 Å². The molecule has 0 bridgehead atoms. The Morgan fingerprint density at radius 1 is 1.35 bits per heavy atom. The minimum atomic E-state index is -0.458. The highest BCUT2D eigenvalue weighted by molar-refractivity contribution is 5.80. The average molecular weight is 283 g/mol. The lowest BCUT2D eigenvalue weighted by Crippen LogP contribution is -2.58. The van der Waals surface area contributed by atoms with E-state index in [9.17, 15) is 9.90 Å². The van der Waals surface area contributed by atoms with Gasteiger partial charge < -0.3 is 15.2 Å². The standard InChI is InChI=1S/C16H29NO3/c1-11-7-15(3,4)9-16(8-11,10-18)17-14(19)13-5-6-20-12(13)2/h11-13,18H,5-10H2,1-4H3,(H,17,19)/t11-,12+,13+,16-/m1/s1. The molecule has 0 aromatic carbocycles. The molecule has 4 atom stereocenters. The summed E-state index contributed by atoms with van der Waals surface area (Å²) in [5.41, 5.74) is -0.300. The molecular weight excluding hydrogens is 254 g/mol. The van der Waals surface area contributed by atoms with Crippen molar-refractivity contribution < 1.29 is 14.6 Å². The van der Waals surface area contributed by atoms with Crippen LogP contribution < -0.4 is 5.32 Å². The van der Waals surface area contributed by atoms with E-state index in [1.165, 1.54) is 0 Å². The first kappa shape index (κ1) is 15.8. The summed E-state index contributed by atoms with van der Waals surface area (Å²) in [6.07, 6.45) is 3.62. The maximum absolute atomic E-state index is 12.5. The van der Waals surface area contributed by atoms with Crippen LogP contribution in [0.1, 0.15) is 53.4 Å². The van der Waals surface area contributed by atoms with Gasteiger partial charge in [0, 0.05) is 6.61 Å². The van der Waals surface area contributed by atoms with Crippen LogP contribution >= 0.6 is 0 Å². The Bertz CT molecular complexity index is 369. The van der Waals surface area contributed by atoms with Gasteiger partial charge in [0.2, 0.25) is 5.91 Å². The first-order valence-corrected chi connectivity index (χ1v) is 7.81. The summed E-state index contributed by atoms with van der Waals surface area (Å²) >= 11 is 0. The Labute approximate surface area is 122 Å². The summed E-state index contributed by atoms with van der Waals surface area (Å²) in [5, 5.41) is 13.1. The largest absolute Gasteiger partial charge is 0.394 e. The number of aliphatic hydroxyl groups excluding tert-OH is 1. The van der Waals surface area contributed by atoms with Crippen molar-refractivity contribution in [3.63, 3.8) is 0 Å². The molecule has 2 fully saturated rings. The molecule has 20 heavy (non-hydrogen) atoms. The van der Waals surface area contributed by atoms with E-state index in [0.29, 0.717) is 12.5 Å². The fourth-order valence-corrected chi connectivity index (χ4v) is 4.43. The second-order valence-corrected chi connectivity index (χ2v) is 7.75. The number of aliphatic hydroxyl groups is 1. The molecule has 0 unspecified atom stereocenters. The molecule has 1 saturated carbocycles. The van der Waals surface area contributed by atoms with Crippen LogP contribution in [-0.2, 0) is 9.53 Å². The Morgan fingerprint density at radius 2 is 2.05 bits per heavy atom. The summed E-state index contributed by atoms with van der Waals surface area (Å²) in [6, 6.07) is 0. The zero-order valence-electron chi connectivity index (χ0n) is 13.2. The number of amides is 1. The summed E-state index contributed by atoms with van der Waals surface area (Å²) in [6.45, 7) is 9.29. The summed E-state index contributed by atoms with van der Waals surface area (Å²) < 4.78 is 5.48. The van der Waals surface area contributed by atoms with Gasteiger partial charge in [0.15, 0.2) is 0 Å². The second-order valence-electron chi connectivity index (χ2n) is 7.75. The molecule has 2 aliphatic rings. The zero-order valence-corrected chi connectivity index (χ0v) is 13.2. The Balaban J connectivity index is 2.09. The van der Waals surface area contributed by atoms with E-state index in [0.717, 1.165) is 25.7 Å². The normalized spacial score (nSPS) is 40.5. The molecule has 1 amide bonds. The summed E-state index contributed by atoms with van der Waals surface area (Å²) in [5.74, 6) is 0.496. The molecule has 2 rings (SSSR count). The summed E-state index contributed by atoms with van der Waals surface area (Å²) in [7, 11) is 0. The van der Waals surface area contributed by atoms with Crippen LogP contribution in [-0.4, -0.2) is 35.9 Å². The lowest BCUT2D eigenvalue weighted by Gasteiger charge is -2.47. The number of rotatable bonds is 3. The van der Waals surface area contributed by atoms with Gasteiger partial charge in [0.25, 0.3) is 0 Å². The van der Waals surface area contributed by atoms with Gasteiger partial charge >= 0.3 is 0 Å². The zero-order chi connectivity index (χ0) is 15.0. The van der Waals surface area contributed by atoms with E-state index in [1.807, 2.05) is 6.92 Å². The van der Waals surface area contributed by atoms with Crippen molar-refractivity contribution in [3.8, 4) is 0 Å². The maximum atomic E-state index is 12.5. The number of hydrogen-bond donors (Lipinski definition) is 2. The quantitative estimate of drug-likeness (QED) is 0.834. The van der Waals surface area contributed by atoms with Crippen molar-refractivity contribution >= 4 is 5.91 Å². The fourth-order valence-electron chi connectivity index (χ4n) is 4.43. The molecule has 116 valence electrons. The topological polar surface area (TPSA) is 58.6 Å². The Hall–Kier alpha value is -0.610. The SMILES string of the molecule is C[C@@H]1CC(C)(C)C[C@](CO)(NC(=O)[C@H]2CCO[C@H]2C)C1. The van der Waals surface area contributed by atoms with E-state index in [2.05, 4.69) is 26.1 Å². The smallest absolute Gasteiger partial charge is 0.226 e. The van der Waals surface area contributed by atoms with Gasteiger partial charge in [0.05, 0.1) is 24.2 Å². The highest BCUT2D eigenvalue weighted by atomic mass is 16.5. The molecule has 1 aliphatic heterocycles. The molecule has 0 radical (unpaired) electrons. The average Bonchev–Trinajstić information content (AvgIpc) is 2.72. The Morgan fingerprint density at radius 3 is 2.55 bits per heavy atom. The third-order valence-corrected chi connectivity index (χ3v) is 4.86. The fraction of sp³-hybridized carbons (Fsp3) is 0.938. The van der Waals surface area contributed by atoms with Crippen molar-refractivity contribution in [1.82, 2.24) is 5.32 Å². The van der Waals surface area contributed by atoms with E-state index in [4.69, 9.17) is 4.74 Å². The third-order valence-electron chi connectivity index (χ3n) is 4.86. The number of carbonyl (C=O) groups is 1. The molecule has 0 spiro atoms. The maximum Gasteiger partial charge on any atom is 0.226 e. The first-order valence-electron chi connectivity index (χ1n) is 7.81. The van der Waals surface area contributed by atoms with E-state index in [1.54, 1.807) is 0 Å². The molecule has 1 heterocycles. The summed E-state index contributed by atoms with van der Waals surface area (Å²) in [4.78, 5) is 12.5. The van der Waals surface area contributed by atoms with Gasteiger partial charge in [-0.05, 0) is 43.9 Å². The lowest BCUT2D eigenvalue weighted by atomic mass is 9.64. The van der Waals surface area contributed by atoms with E-state index in [-0.39, 0.29) is 30.0 Å². The van der Waals surface area contributed by atoms with Crippen LogP contribution in [0.4, 0.5) is 0 Å². The molecule has 4 heteroatoms. The molecule has 2 N–H and O–H groups in total. The van der Waals surface area contributed by atoms with Crippen LogP contribution in [0.3, 0.4) is 0 Å². The minimum absolute atomic E-state index is 0.0141. The highest BCUT2D eigenvalue weighted by Gasteiger charge is 2.45. The van der Waals surface area contributed by atoms with Crippen LogP contribution in [0, 0.1) is 17.3 Å². The molecular formula is C16H29NO3. The Kier molecular flexibility index (Phi) is 4.45. The molecule has 1 saturated heterocycles. The second kappa shape index (κ2) is 5.64. The predicted octanol–water partition coefficient (Wildman–Crippen LogP) is 2.10. The number of carbonyl (C=O) groups excluding carboxylic acids is 1. The lowest BCUT2D eigenvalue weighted by molar-refractivity contribution is -0.130. The van der Waals surface area contributed by atoms with Crippen molar-refractivity contribution in [2.45, 2.75) is 65.0 Å². The van der Waals surface area contributed by atoms with Gasteiger partial charge in [-0.2, -0.15) is 0 Å². The van der Waals surface area contributed by atoms with Crippen LogP contribution in [0.2, 0.25) is 0 Å². The van der Waals surface area contributed by atoms with Crippen LogP contribution in [0.5, 0.6) is 0 Å². The first-order chi connectivity index (χ1) is 9.27. The van der Waals surface area contributed by atoms with E-state index >= 15 is 0 Å². The van der Waals surface area contributed by atoms with Crippen molar-refractivity contribution in [3.05, 3.63) is 0 Å². The van der Waals surface area contributed by atoms with E-state index < -0.39 is 5.54 Å².